The number of rotatable bonds is 2. The maximum atomic E-state index is 13.8. The Bertz CT molecular complexity index is 1070. The van der Waals surface area contributed by atoms with Crippen molar-refractivity contribution in [1.82, 2.24) is 4.90 Å². The summed E-state index contributed by atoms with van der Waals surface area (Å²) in [7, 11) is 0. The first-order valence-electron chi connectivity index (χ1n) is 10.4. The van der Waals surface area contributed by atoms with Crippen molar-refractivity contribution in [3.63, 3.8) is 0 Å². The van der Waals surface area contributed by atoms with Crippen molar-refractivity contribution in [2.75, 3.05) is 18.0 Å². The quantitative estimate of drug-likeness (QED) is 0.634. The van der Waals surface area contributed by atoms with Crippen LogP contribution in [0.1, 0.15) is 42.9 Å². The summed E-state index contributed by atoms with van der Waals surface area (Å²) >= 11 is 6.25. The molecule has 0 unspecified atom stereocenters. The summed E-state index contributed by atoms with van der Waals surface area (Å²) in [4.78, 5) is 17.3. The predicted octanol–water partition coefficient (Wildman–Crippen LogP) is 4.66. The van der Waals surface area contributed by atoms with E-state index >= 15 is 0 Å². The van der Waals surface area contributed by atoms with Crippen LogP contribution in [0.15, 0.2) is 36.4 Å². The molecular weight excluding hydrogens is 422 g/mol. The number of nitrogens with zero attached hydrogens (tertiary/aromatic N) is 2. The van der Waals surface area contributed by atoms with E-state index in [1.54, 1.807) is 4.90 Å². The number of carbonyl (C=O) groups excluding carboxylic acids is 1. The molecule has 0 saturated carbocycles. The lowest BCUT2D eigenvalue weighted by Crippen LogP contribution is -2.50. The summed E-state index contributed by atoms with van der Waals surface area (Å²) in [6.07, 6.45) is 7.45. The third kappa shape index (κ3) is 3.37. The molecule has 2 aromatic rings. The molecule has 1 amide bonds. The van der Waals surface area contributed by atoms with Crippen molar-refractivity contribution in [3.05, 3.63) is 64.2 Å². The number of terminal acetylenes is 1. The molecule has 5 rings (SSSR count). The van der Waals surface area contributed by atoms with Gasteiger partial charge in [0.05, 0.1) is 11.1 Å². The fourth-order valence-corrected chi connectivity index (χ4v) is 5.31. The average Bonchev–Trinajstić information content (AvgIpc) is 3.26. The van der Waals surface area contributed by atoms with Gasteiger partial charge in [0.1, 0.15) is 17.9 Å². The van der Waals surface area contributed by atoms with Crippen LogP contribution in [0.4, 0.5) is 14.5 Å². The predicted molar refractivity (Wildman–Crippen MR) is 114 cm³/mol. The van der Waals surface area contributed by atoms with E-state index in [0.29, 0.717) is 54.9 Å². The van der Waals surface area contributed by atoms with Crippen LogP contribution in [0, 0.1) is 24.0 Å². The highest BCUT2D eigenvalue weighted by molar-refractivity contribution is 6.32. The normalized spacial score (nSPS) is 24.5. The van der Waals surface area contributed by atoms with Gasteiger partial charge in [-0.15, -0.1) is 6.42 Å². The molecule has 3 saturated heterocycles. The van der Waals surface area contributed by atoms with Gasteiger partial charge in [-0.2, -0.15) is 0 Å². The van der Waals surface area contributed by atoms with Crippen LogP contribution in [-0.2, 0) is 9.53 Å². The van der Waals surface area contributed by atoms with Gasteiger partial charge < -0.3 is 14.5 Å². The van der Waals surface area contributed by atoms with Gasteiger partial charge in [0.2, 0.25) is 0 Å². The molecular formula is C24H21ClF2N2O2. The average molecular weight is 443 g/mol. The number of hydrogen-bond donors (Lipinski definition) is 0. The first-order chi connectivity index (χ1) is 14.9. The van der Waals surface area contributed by atoms with Crippen LogP contribution in [0.25, 0.3) is 0 Å². The molecule has 160 valence electrons. The van der Waals surface area contributed by atoms with E-state index in [9.17, 15) is 13.6 Å². The van der Waals surface area contributed by atoms with Gasteiger partial charge in [0.25, 0.3) is 5.91 Å². The van der Waals surface area contributed by atoms with Crippen molar-refractivity contribution in [2.24, 2.45) is 0 Å². The number of amides is 1. The molecule has 3 aliphatic heterocycles. The molecule has 0 bridgehead atoms. The minimum atomic E-state index is -0.881. The van der Waals surface area contributed by atoms with E-state index in [1.165, 1.54) is 12.1 Å². The van der Waals surface area contributed by atoms with Crippen molar-refractivity contribution in [2.45, 2.75) is 43.6 Å². The van der Waals surface area contributed by atoms with Gasteiger partial charge >= 0.3 is 0 Å². The van der Waals surface area contributed by atoms with Gasteiger partial charge in [-0.05, 0) is 48.7 Å². The van der Waals surface area contributed by atoms with Gasteiger partial charge in [0, 0.05) is 43.2 Å². The van der Waals surface area contributed by atoms with Crippen LogP contribution >= 0.6 is 11.6 Å². The number of hydrogen-bond acceptors (Lipinski definition) is 3. The lowest BCUT2D eigenvalue weighted by molar-refractivity contribution is -0.140. The number of anilines is 1. The Morgan fingerprint density at radius 1 is 1.10 bits per heavy atom. The van der Waals surface area contributed by atoms with Crippen LogP contribution < -0.4 is 4.90 Å². The summed E-state index contributed by atoms with van der Waals surface area (Å²) in [6.45, 7) is 1.27. The molecule has 1 spiro atoms. The maximum Gasteiger partial charge on any atom is 0.257 e. The van der Waals surface area contributed by atoms with E-state index in [0.717, 1.165) is 11.8 Å². The molecule has 4 nitrogen and oxygen atoms in total. The fourth-order valence-electron chi connectivity index (χ4n) is 5.08. The first-order valence-corrected chi connectivity index (χ1v) is 10.8. The largest absolute Gasteiger partial charge is 0.371 e. The maximum absolute atomic E-state index is 13.8. The number of halogens is 3. The second kappa shape index (κ2) is 7.51. The smallest absolute Gasteiger partial charge is 0.257 e. The molecule has 0 aromatic heterocycles. The molecule has 3 heterocycles. The van der Waals surface area contributed by atoms with E-state index in [-0.39, 0.29) is 18.2 Å². The Hall–Kier alpha value is -2.62. The SMILES string of the molecule is C#Cc1ccc(N2CCC3(CC2)O[C@@H]2CC[C@@H](c4cc(F)cc(F)c4)N2C3=O)cc1Cl. The second-order valence-corrected chi connectivity index (χ2v) is 8.78. The van der Waals surface area contributed by atoms with Crippen molar-refractivity contribution in [1.29, 1.82) is 0 Å². The molecule has 7 heteroatoms. The summed E-state index contributed by atoms with van der Waals surface area (Å²) in [5, 5.41) is 0.527. The highest BCUT2D eigenvalue weighted by atomic mass is 35.5. The molecule has 0 radical (unpaired) electrons. The summed E-state index contributed by atoms with van der Waals surface area (Å²) in [6, 6.07) is 8.69. The zero-order valence-electron chi connectivity index (χ0n) is 16.8. The number of ether oxygens (including phenoxy) is 1. The minimum Gasteiger partial charge on any atom is -0.371 e. The highest BCUT2D eigenvalue weighted by Gasteiger charge is 2.58. The van der Waals surface area contributed by atoms with E-state index < -0.39 is 17.2 Å². The highest BCUT2D eigenvalue weighted by Crippen LogP contribution is 2.48. The monoisotopic (exact) mass is 442 g/mol. The minimum absolute atomic E-state index is 0.0787. The van der Waals surface area contributed by atoms with E-state index in [1.807, 2.05) is 18.2 Å². The number of carbonyl (C=O) groups is 1. The summed E-state index contributed by atoms with van der Waals surface area (Å²) in [5.41, 5.74) is 1.20. The Labute approximate surface area is 184 Å². The second-order valence-electron chi connectivity index (χ2n) is 8.37. The van der Waals surface area contributed by atoms with E-state index in [2.05, 4.69) is 10.8 Å². The van der Waals surface area contributed by atoms with Gasteiger partial charge in [-0.25, -0.2) is 8.78 Å². The molecule has 2 aromatic carbocycles. The van der Waals surface area contributed by atoms with Crippen LogP contribution in [0.5, 0.6) is 0 Å². The first kappa shape index (κ1) is 20.3. The van der Waals surface area contributed by atoms with Gasteiger partial charge in [-0.1, -0.05) is 17.5 Å². The Morgan fingerprint density at radius 3 is 2.45 bits per heavy atom. The molecule has 3 fully saturated rings. The third-order valence-corrected chi connectivity index (χ3v) is 6.95. The lowest BCUT2D eigenvalue weighted by Gasteiger charge is -2.38. The van der Waals surface area contributed by atoms with E-state index in [4.69, 9.17) is 22.8 Å². The molecule has 31 heavy (non-hydrogen) atoms. The lowest BCUT2D eigenvalue weighted by atomic mass is 9.89. The van der Waals surface area contributed by atoms with Gasteiger partial charge in [-0.3, -0.25) is 4.79 Å². The number of benzene rings is 2. The third-order valence-electron chi connectivity index (χ3n) is 6.63. The van der Waals surface area contributed by atoms with Crippen LogP contribution in [0.2, 0.25) is 5.02 Å². The van der Waals surface area contributed by atoms with Crippen molar-refractivity contribution < 1.29 is 18.3 Å². The molecule has 0 N–H and O–H groups in total. The van der Waals surface area contributed by atoms with Crippen LogP contribution in [-0.4, -0.2) is 35.7 Å². The van der Waals surface area contributed by atoms with Gasteiger partial charge in [0.15, 0.2) is 5.60 Å². The van der Waals surface area contributed by atoms with Crippen molar-refractivity contribution in [3.8, 4) is 12.3 Å². The number of fused-ring (bicyclic) bond motifs is 1. The fraction of sp³-hybridized carbons (Fsp3) is 0.375. The Kier molecular flexibility index (Phi) is 4.91. The summed E-state index contributed by atoms with van der Waals surface area (Å²) in [5.74, 6) is 1.20. The van der Waals surface area contributed by atoms with Crippen molar-refractivity contribution >= 4 is 23.2 Å². The standard InChI is InChI=1S/C24H21ClF2N2O2/c1-2-15-3-4-19(14-20(15)25)28-9-7-24(8-10-28)23(30)29-21(5-6-22(29)31-24)16-11-17(26)13-18(27)12-16/h1,3-4,11-14,21-22H,5-10H2/t21-,22+/m0/s1. The Morgan fingerprint density at radius 2 is 1.81 bits per heavy atom. The molecule has 0 aliphatic carbocycles. The summed E-state index contributed by atoms with van der Waals surface area (Å²) < 4.78 is 33.8. The zero-order valence-corrected chi connectivity index (χ0v) is 17.5. The molecule has 2 atom stereocenters. The Balaban J connectivity index is 1.33. The molecule has 3 aliphatic rings. The number of piperidine rings is 1. The topological polar surface area (TPSA) is 32.8 Å². The zero-order chi connectivity index (χ0) is 21.8. The van der Waals surface area contributed by atoms with Crippen LogP contribution in [0.3, 0.4) is 0 Å².